The Morgan fingerprint density at radius 1 is 1.40 bits per heavy atom. The molecule has 1 aliphatic rings. The molecule has 1 aromatic heterocycles. The molecule has 0 aliphatic heterocycles. The zero-order chi connectivity index (χ0) is 14.1. The highest BCUT2D eigenvalue weighted by Crippen LogP contribution is 2.34. The molecule has 2 aromatic rings. The second-order valence-corrected chi connectivity index (χ2v) is 5.88. The summed E-state index contributed by atoms with van der Waals surface area (Å²) in [6.45, 7) is 2.67. The summed E-state index contributed by atoms with van der Waals surface area (Å²) < 4.78 is 1.91. The standard InChI is InChI=1S/C13H15Cl2N5/c1-8(11-5-2-9(14)6-12(11)15)16-7-13-17-18-19-20(13)10-3-4-10/h2,5-6,8,10,16H,3-4,7H2,1H3/t8-/m1/s1. The van der Waals surface area contributed by atoms with Crippen LogP contribution in [0.2, 0.25) is 10.0 Å². The maximum atomic E-state index is 6.21. The van der Waals surface area contributed by atoms with Crippen molar-refractivity contribution in [3.63, 3.8) is 0 Å². The molecule has 0 bridgehead atoms. The third-order valence-electron chi connectivity index (χ3n) is 3.45. The number of hydrogen-bond acceptors (Lipinski definition) is 4. The Labute approximate surface area is 127 Å². The van der Waals surface area contributed by atoms with Crippen LogP contribution in [0.3, 0.4) is 0 Å². The third kappa shape index (κ3) is 2.95. The van der Waals surface area contributed by atoms with E-state index in [4.69, 9.17) is 23.2 Å². The quantitative estimate of drug-likeness (QED) is 0.921. The van der Waals surface area contributed by atoms with E-state index in [9.17, 15) is 0 Å². The molecule has 3 rings (SSSR count). The van der Waals surface area contributed by atoms with Crippen LogP contribution in [0.25, 0.3) is 0 Å². The molecule has 1 aliphatic carbocycles. The molecule has 106 valence electrons. The molecule has 0 spiro atoms. The molecule has 5 nitrogen and oxygen atoms in total. The Morgan fingerprint density at radius 2 is 2.20 bits per heavy atom. The number of tetrazole rings is 1. The highest BCUT2D eigenvalue weighted by atomic mass is 35.5. The fraction of sp³-hybridized carbons (Fsp3) is 0.462. The van der Waals surface area contributed by atoms with Gasteiger partial charge in [-0.05, 0) is 47.9 Å². The number of benzene rings is 1. The van der Waals surface area contributed by atoms with Crippen LogP contribution < -0.4 is 5.32 Å². The number of rotatable bonds is 5. The molecule has 1 atom stereocenters. The highest BCUT2D eigenvalue weighted by molar-refractivity contribution is 6.35. The average Bonchev–Trinajstić information content (AvgIpc) is 3.15. The van der Waals surface area contributed by atoms with Gasteiger partial charge in [-0.25, -0.2) is 4.68 Å². The summed E-state index contributed by atoms with van der Waals surface area (Å²) in [7, 11) is 0. The molecule has 0 unspecified atom stereocenters. The lowest BCUT2D eigenvalue weighted by molar-refractivity contribution is 0.516. The molecule has 1 heterocycles. The summed E-state index contributed by atoms with van der Waals surface area (Å²) in [5.74, 6) is 0.865. The van der Waals surface area contributed by atoms with Gasteiger partial charge in [-0.1, -0.05) is 29.3 Å². The predicted octanol–water partition coefficient (Wildman–Crippen LogP) is 3.17. The van der Waals surface area contributed by atoms with Gasteiger partial charge in [0.1, 0.15) is 0 Å². The van der Waals surface area contributed by atoms with Crippen LogP contribution in [-0.2, 0) is 6.54 Å². The minimum atomic E-state index is 0.101. The van der Waals surface area contributed by atoms with Crippen LogP contribution >= 0.6 is 23.2 Å². The van der Waals surface area contributed by atoms with Gasteiger partial charge in [0.2, 0.25) is 0 Å². The topological polar surface area (TPSA) is 55.6 Å². The summed E-state index contributed by atoms with van der Waals surface area (Å²) in [6.07, 6.45) is 2.33. The van der Waals surface area contributed by atoms with Gasteiger partial charge in [0.25, 0.3) is 0 Å². The number of hydrogen-bond donors (Lipinski definition) is 1. The van der Waals surface area contributed by atoms with Gasteiger partial charge >= 0.3 is 0 Å². The van der Waals surface area contributed by atoms with Crippen molar-refractivity contribution in [1.82, 2.24) is 25.5 Å². The van der Waals surface area contributed by atoms with E-state index in [1.54, 1.807) is 6.07 Å². The molecule has 0 radical (unpaired) electrons. The minimum Gasteiger partial charge on any atom is -0.303 e. The lowest BCUT2D eigenvalue weighted by atomic mass is 10.1. The monoisotopic (exact) mass is 311 g/mol. The summed E-state index contributed by atoms with van der Waals surface area (Å²) in [4.78, 5) is 0. The van der Waals surface area contributed by atoms with Crippen molar-refractivity contribution in [2.24, 2.45) is 0 Å². The number of aromatic nitrogens is 4. The Morgan fingerprint density at radius 3 is 2.90 bits per heavy atom. The van der Waals surface area contributed by atoms with E-state index in [1.807, 2.05) is 16.8 Å². The molecule has 20 heavy (non-hydrogen) atoms. The normalized spacial score (nSPS) is 16.4. The summed E-state index contributed by atoms with van der Waals surface area (Å²) in [6, 6.07) is 6.12. The SMILES string of the molecule is C[C@@H](NCc1nnnn1C1CC1)c1ccc(Cl)cc1Cl. The van der Waals surface area contributed by atoms with Crippen molar-refractivity contribution >= 4 is 23.2 Å². The van der Waals surface area contributed by atoms with Crippen molar-refractivity contribution < 1.29 is 0 Å². The first-order valence-electron chi connectivity index (χ1n) is 6.60. The Kier molecular flexibility index (Phi) is 3.92. The minimum absolute atomic E-state index is 0.101. The van der Waals surface area contributed by atoms with Crippen LogP contribution in [0.5, 0.6) is 0 Å². The molecular formula is C13H15Cl2N5. The number of nitrogens with zero attached hydrogens (tertiary/aromatic N) is 4. The molecule has 0 saturated heterocycles. The van der Waals surface area contributed by atoms with E-state index in [1.165, 1.54) is 0 Å². The van der Waals surface area contributed by atoms with E-state index in [0.717, 1.165) is 24.2 Å². The van der Waals surface area contributed by atoms with Crippen LogP contribution in [0.1, 0.15) is 43.2 Å². The third-order valence-corrected chi connectivity index (χ3v) is 4.01. The molecule has 1 fully saturated rings. The summed E-state index contributed by atoms with van der Waals surface area (Å²) in [5, 5.41) is 16.5. The van der Waals surface area contributed by atoms with Gasteiger partial charge < -0.3 is 5.32 Å². The molecular weight excluding hydrogens is 297 g/mol. The first-order valence-corrected chi connectivity index (χ1v) is 7.36. The first-order chi connectivity index (χ1) is 9.65. The van der Waals surface area contributed by atoms with E-state index in [0.29, 0.717) is 22.6 Å². The van der Waals surface area contributed by atoms with E-state index >= 15 is 0 Å². The lowest BCUT2D eigenvalue weighted by Gasteiger charge is -2.15. The Hall–Kier alpha value is -1.17. The smallest absolute Gasteiger partial charge is 0.165 e. The predicted molar refractivity (Wildman–Crippen MR) is 77.8 cm³/mol. The summed E-state index contributed by atoms with van der Waals surface area (Å²) >= 11 is 12.1. The van der Waals surface area contributed by atoms with Gasteiger partial charge in [0.15, 0.2) is 5.82 Å². The number of halogens is 2. The molecule has 1 aromatic carbocycles. The largest absolute Gasteiger partial charge is 0.303 e. The fourth-order valence-electron chi connectivity index (χ4n) is 2.14. The second kappa shape index (κ2) is 5.68. The van der Waals surface area contributed by atoms with Gasteiger partial charge in [-0.3, -0.25) is 0 Å². The van der Waals surface area contributed by atoms with Crippen LogP contribution in [-0.4, -0.2) is 20.2 Å². The van der Waals surface area contributed by atoms with Gasteiger partial charge in [-0.15, -0.1) is 5.10 Å². The van der Waals surface area contributed by atoms with E-state index < -0.39 is 0 Å². The van der Waals surface area contributed by atoms with Crippen LogP contribution in [0, 0.1) is 0 Å². The maximum Gasteiger partial charge on any atom is 0.165 e. The number of nitrogens with one attached hydrogen (secondary N) is 1. The maximum absolute atomic E-state index is 6.21. The van der Waals surface area contributed by atoms with Crippen molar-refractivity contribution in [2.75, 3.05) is 0 Å². The zero-order valence-electron chi connectivity index (χ0n) is 11.1. The first kappa shape index (κ1) is 13.8. The van der Waals surface area contributed by atoms with Crippen molar-refractivity contribution in [3.05, 3.63) is 39.6 Å². The van der Waals surface area contributed by atoms with Gasteiger partial charge in [-0.2, -0.15) is 0 Å². The van der Waals surface area contributed by atoms with Gasteiger partial charge in [0.05, 0.1) is 12.6 Å². The molecule has 7 heteroatoms. The Bertz CT molecular complexity index is 609. The van der Waals surface area contributed by atoms with E-state index in [-0.39, 0.29) is 6.04 Å². The second-order valence-electron chi connectivity index (χ2n) is 5.04. The molecule has 1 N–H and O–H groups in total. The van der Waals surface area contributed by atoms with Crippen LogP contribution in [0.15, 0.2) is 18.2 Å². The fourth-order valence-corrected chi connectivity index (χ4v) is 2.71. The van der Waals surface area contributed by atoms with Gasteiger partial charge in [0, 0.05) is 16.1 Å². The van der Waals surface area contributed by atoms with Crippen molar-refractivity contribution in [1.29, 1.82) is 0 Å². The van der Waals surface area contributed by atoms with E-state index in [2.05, 4.69) is 27.8 Å². The lowest BCUT2D eigenvalue weighted by Crippen LogP contribution is -2.21. The molecule has 1 saturated carbocycles. The average molecular weight is 312 g/mol. The summed E-state index contributed by atoms with van der Waals surface area (Å²) in [5.41, 5.74) is 1.02. The highest BCUT2D eigenvalue weighted by Gasteiger charge is 2.27. The van der Waals surface area contributed by atoms with Crippen LogP contribution in [0.4, 0.5) is 0 Å². The zero-order valence-corrected chi connectivity index (χ0v) is 12.6. The molecule has 0 amide bonds. The van der Waals surface area contributed by atoms with Crippen molar-refractivity contribution in [2.45, 2.75) is 38.4 Å². The Balaban J connectivity index is 1.66. The van der Waals surface area contributed by atoms with Crippen molar-refractivity contribution in [3.8, 4) is 0 Å².